The van der Waals surface area contributed by atoms with Crippen molar-refractivity contribution in [3.8, 4) is 11.8 Å². The Hall–Kier alpha value is -2.28. The predicted molar refractivity (Wildman–Crippen MR) is 72.7 cm³/mol. The summed E-state index contributed by atoms with van der Waals surface area (Å²) in [4.78, 5) is 22.3. The fourth-order valence-corrected chi connectivity index (χ4v) is 1.51. The lowest BCUT2D eigenvalue weighted by molar-refractivity contribution is -0.118. The average Bonchev–Trinajstić information content (AvgIpc) is 2.37. The molecule has 4 heteroatoms. The van der Waals surface area contributed by atoms with E-state index in [1.807, 2.05) is 19.1 Å². The van der Waals surface area contributed by atoms with Crippen LogP contribution in [-0.2, 0) is 9.53 Å². The van der Waals surface area contributed by atoms with Crippen LogP contribution >= 0.6 is 0 Å². The lowest BCUT2D eigenvalue weighted by atomic mass is 10.0. The highest BCUT2D eigenvalue weighted by Gasteiger charge is 2.09. The fourth-order valence-electron chi connectivity index (χ4n) is 1.51. The van der Waals surface area contributed by atoms with Gasteiger partial charge in [-0.3, -0.25) is 4.79 Å². The summed E-state index contributed by atoms with van der Waals surface area (Å²) < 4.78 is 4.71. The van der Waals surface area contributed by atoms with E-state index in [1.165, 1.54) is 14.0 Å². The molecule has 0 saturated carbocycles. The summed E-state index contributed by atoms with van der Waals surface area (Å²) in [5, 5.41) is 2.66. The van der Waals surface area contributed by atoms with Crippen molar-refractivity contribution >= 4 is 11.9 Å². The van der Waals surface area contributed by atoms with Gasteiger partial charge in [0.05, 0.1) is 12.7 Å². The number of amides is 1. The van der Waals surface area contributed by atoms with Crippen LogP contribution in [0.15, 0.2) is 18.2 Å². The quantitative estimate of drug-likeness (QED) is 0.510. The summed E-state index contributed by atoms with van der Waals surface area (Å²) in [6.07, 6.45) is 0.536. The van der Waals surface area contributed by atoms with E-state index in [9.17, 15) is 9.59 Å². The molecule has 0 heterocycles. The summed E-state index contributed by atoms with van der Waals surface area (Å²) in [5.41, 5.74) is 2.13. The zero-order valence-corrected chi connectivity index (χ0v) is 11.4. The van der Waals surface area contributed by atoms with Crippen LogP contribution in [0.2, 0.25) is 0 Å². The summed E-state index contributed by atoms with van der Waals surface area (Å²) >= 11 is 0. The Morgan fingerprint density at radius 2 is 2.11 bits per heavy atom. The molecule has 0 atom stereocenters. The van der Waals surface area contributed by atoms with E-state index in [1.54, 1.807) is 6.07 Å². The van der Waals surface area contributed by atoms with E-state index in [2.05, 4.69) is 17.2 Å². The molecule has 0 unspecified atom stereocenters. The maximum absolute atomic E-state index is 11.6. The highest BCUT2D eigenvalue weighted by molar-refractivity contribution is 5.92. The first-order chi connectivity index (χ1) is 9.04. The average molecular weight is 259 g/mol. The van der Waals surface area contributed by atoms with Crippen molar-refractivity contribution in [1.82, 2.24) is 5.32 Å². The molecule has 100 valence electrons. The normalized spacial score (nSPS) is 9.21. The van der Waals surface area contributed by atoms with Crippen molar-refractivity contribution in [2.24, 2.45) is 0 Å². The van der Waals surface area contributed by atoms with E-state index in [4.69, 9.17) is 4.74 Å². The molecule has 1 rings (SSSR count). The van der Waals surface area contributed by atoms with E-state index in [0.29, 0.717) is 24.1 Å². The Morgan fingerprint density at radius 1 is 1.37 bits per heavy atom. The van der Waals surface area contributed by atoms with E-state index >= 15 is 0 Å². The van der Waals surface area contributed by atoms with Gasteiger partial charge in [0, 0.05) is 25.5 Å². The number of methoxy groups -OCH3 is 1. The van der Waals surface area contributed by atoms with Crippen molar-refractivity contribution in [2.45, 2.75) is 20.3 Å². The molecule has 0 radical (unpaired) electrons. The summed E-state index contributed by atoms with van der Waals surface area (Å²) in [7, 11) is 1.34. The number of nitrogens with one attached hydrogen (secondary N) is 1. The Bertz CT molecular complexity index is 538. The van der Waals surface area contributed by atoms with E-state index in [-0.39, 0.29) is 5.91 Å². The first-order valence-electron chi connectivity index (χ1n) is 5.97. The minimum atomic E-state index is -0.397. The number of carbonyl (C=O) groups is 2. The van der Waals surface area contributed by atoms with Crippen molar-refractivity contribution in [3.63, 3.8) is 0 Å². The third-order valence-electron chi connectivity index (χ3n) is 2.43. The number of ether oxygens (including phenoxy) is 1. The maximum atomic E-state index is 11.6. The number of hydrogen-bond acceptors (Lipinski definition) is 3. The Morgan fingerprint density at radius 3 is 2.74 bits per heavy atom. The molecule has 0 bridgehead atoms. The number of hydrogen-bond donors (Lipinski definition) is 1. The molecular weight excluding hydrogens is 242 g/mol. The molecule has 1 aromatic carbocycles. The van der Waals surface area contributed by atoms with Gasteiger partial charge in [0.25, 0.3) is 0 Å². The van der Waals surface area contributed by atoms with Crippen LogP contribution in [-0.4, -0.2) is 25.5 Å². The number of esters is 1. The summed E-state index contributed by atoms with van der Waals surface area (Å²) in [6.45, 7) is 3.90. The van der Waals surface area contributed by atoms with Gasteiger partial charge in [0.15, 0.2) is 0 Å². The molecule has 0 spiro atoms. The zero-order valence-electron chi connectivity index (χ0n) is 11.4. The highest BCUT2D eigenvalue weighted by atomic mass is 16.5. The number of benzene rings is 1. The largest absolute Gasteiger partial charge is 0.465 e. The Labute approximate surface area is 113 Å². The SMILES string of the molecule is COC(=O)c1ccc(C)cc1C#CCCNC(C)=O. The second kappa shape index (κ2) is 7.22. The molecule has 19 heavy (non-hydrogen) atoms. The second-order valence-electron chi connectivity index (χ2n) is 4.08. The van der Waals surface area contributed by atoms with Crippen LogP contribution in [0.5, 0.6) is 0 Å². The third-order valence-corrected chi connectivity index (χ3v) is 2.43. The monoisotopic (exact) mass is 259 g/mol. The van der Waals surface area contributed by atoms with Gasteiger partial charge < -0.3 is 10.1 Å². The minimum absolute atomic E-state index is 0.0763. The zero-order chi connectivity index (χ0) is 14.3. The Balaban J connectivity index is 2.81. The van der Waals surface area contributed by atoms with Gasteiger partial charge in [-0.05, 0) is 24.6 Å². The first-order valence-corrected chi connectivity index (χ1v) is 5.97. The van der Waals surface area contributed by atoms with E-state index < -0.39 is 5.97 Å². The van der Waals surface area contributed by atoms with Crippen molar-refractivity contribution < 1.29 is 14.3 Å². The molecule has 1 N–H and O–H groups in total. The van der Waals surface area contributed by atoms with Gasteiger partial charge in [-0.15, -0.1) is 0 Å². The minimum Gasteiger partial charge on any atom is -0.465 e. The lowest BCUT2D eigenvalue weighted by Gasteiger charge is -2.03. The Kier molecular flexibility index (Phi) is 5.62. The molecule has 1 amide bonds. The van der Waals surface area contributed by atoms with Crippen molar-refractivity contribution in [1.29, 1.82) is 0 Å². The number of aryl methyl sites for hydroxylation is 1. The maximum Gasteiger partial charge on any atom is 0.339 e. The van der Waals surface area contributed by atoms with Crippen LogP contribution in [0.4, 0.5) is 0 Å². The van der Waals surface area contributed by atoms with Gasteiger partial charge >= 0.3 is 5.97 Å². The smallest absolute Gasteiger partial charge is 0.339 e. The van der Waals surface area contributed by atoms with Crippen LogP contribution in [0, 0.1) is 18.8 Å². The first kappa shape index (κ1) is 14.8. The number of carbonyl (C=O) groups excluding carboxylic acids is 2. The van der Waals surface area contributed by atoms with Gasteiger partial charge in [-0.1, -0.05) is 17.9 Å². The van der Waals surface area contributed by atoms with Gasteiger partial charge in [0.2, 0.25) is 5.91 Å². The van der Waals surface area contributed by atoms with Crippen molar-refractivity contribution in [2.75, 3.05) is 13.7 Å². The van der Waals surface area contributed by atoms with Crippen LogP contribution in [0.3, 0.4) is 0 Å². The fraction of sp³-hybridized carbons (Fsp3) is 0.333. The van der Waals surface area contributed by atoms with Gasteiger partial charge in [0.1, 0.15) is 0 Å². The highest BCUT2D eigenvalue weighted by Crippen LogP contribution is 2.11. The van der Waals surface area contributed by atoms with Crippen LogP contribution in [0.25, 0.3) is 0 Å². The topological polar surface area (TPSA) is 55.4 Å². The molecule has 0 aliphatic heterocycles. The second-order valence-corrected chi connectivity index (χ2v) is 4.08. The van der Waals surface area contributed by atoms with Crippen molar-refractivity contribution in [3.05, 3.63) is 34.9 Å². The molecule has 4 nitrogen and oxygen atoms in total. The number of rotatable bonds is 3. The van der Waals surface area contributed by atoms with Crippen LogP contribution < -0.4 is 5.32 Å². The standard InChI is InChI=1S/C15H17NO3/c1-11-7-8-14(15(18)19-3)13(10-11)6-4-5-9-16-12(2)17/h7-8,10H,5,9H2,1-3H3,(H,16,17). The van der Waals surface area contributed by atoms with E-state index in [0.717, 1.165) is 5.56 Å². The summed E-state index contributed by atoms with van der Waals surface area (Å²) in [6, 6.07) is 5.39. The lowest BCUT2D eigenvalue weighted by Crippen LogP contribution is -2.20. The molecule has 0 fully saturated rings. The molecule has 1 aromatic rings. The van der Waals surface area contributed by atoms with Gasteiger partial charge in [-0.2, -0.15) is 0 Å². The van der Waals surface area contributed by atoms with Gasteiger partial charge in [-0.25, -0.2) is 4.79 Å². The molecular formula is C15H17NO3. The molecule has 0 aliphatic carbocycles. The third kappa shape index (κ3) is 4.84. The molecule has 0 saturated heterocycles. The molecule has 0 aliphatic rings. The predicted octanol–water partition coefficient (Wildman–Crippen LogP) is 1.66. The summed E-state index contributed by atoms with van der Waals surface area (Å²) in [5.74, 6) is 5.40. The van der Waals surface area contributed by atoms with Crippen LogP contribution in [0.1, 0.15) is 34.8 Å². The molecule has 0 aromatic heterocycles.